The first-order chi connectivity index (χ1) is 15.7. The predicted molar refractivity (Wildman–Crippen MR) is 134 cm³/mol. The number of nitrogens with one attached hydrogen (secondary N) is 2. The van der Waals surface area contributed by atoms with Gasteiger partial charge in [-0.25, -0.2) is 4.79 Å². The molecule has 33 heavy (non-hydrogen) atoms. The van der Waals surface area contributed by atoms with Gasteiger partial charge in [0.05, 0.1) is 23.2 Å². The molecule has 1 saturated heterocycles. The molecular weight excluding hydrogens is 465 g/mol. The van der Waals surface area contributed by atoms with Crippen LogP contribution in [0, 0.1) is 0 Å². The first kappa shape index (κ1) is 26.3. The summed E-state index contributed by atoms with van der Waals surface area (Å²) in [5, 5.41) is 5.91. The van der Waals surface area contributed by atoms with Crippen LogP contribution in [0.25, 0.3) is 0 Å². The fourth-order valence-electron chi connectivity index (χ4n) is 3.07. The number of carbonyl (C=O) groups is 3. The topological polar surface area (TPSA) is 85.0 Å². The predicted octanol–water partition coefficient (Wildman–Crippen LogP) is 3.37. The molecule has 0 unspecified atom stereocenters. The van der Waals surface area contributed by atoms with Gasteiger partial charge in [0.25, 0.3) is 0 Å². The maximum absolute atomic E-state index is 12.6. The van der Waals surface area contributed by atoms with Crippen LogP contribution >= 0.6 is 23.2 Å². The minimum atomic E-state index is -0.259. The number of amides is 4. The summed E-state index contributed by atoms with van der Waals surface area (Å²) in [5.74, 6) is -0.346. The summed E-state index contributed by atoms with van der Waals surface area (Å²) >= 11 is 12.1. The summed E-state index contributed by atoms with van der Waals surface area (Å²) < 4.78 is 0. The standard InChI is InChI=1S/C23H29Cl2N5O3/c1-4-5-6-20(25)21(15-24)27-23(33)30-13-11-29(12-14-30)19-9-7-18(8-10-19)26-22(32)16-28(3)17(2)31/h4-10H,1,11-16H2,2-3H3,(H,26,32)(H,27,33)/b6-5-,21-20-. The van der Waals surface area contributed by atoms with Gasteiger partial charge in [-0.1, -0.05) is 30.3 Å². The molecule has 8 nitrogen and oxygen atoms in total. The van der Waals surface area contributed by atoms with E-state index in [0.29, 0.717) is 42.6 Å². The summed E-state index contributed by atoms with van der Waals surface area (Å²) in [4.78, 5) is 41.1. The molecule has 4 amide bonds. The van der Waals surface area contributed by atoms with Crippen LogP contribution in [0.15, 0.2) is 59.8 Å². The first-order valence-corrected chi connectivity index (χ1v) is 11.3. The lowest BCUT2D eigenvalue weighted by Gasteiger charge is -2.36. The van der Waals surface area contributed by atoms with E-state index in [2.05, 4.69) is 22.1 Å². The number of anilines is 2. The Balaban J connectivity index is 1.88. The number of nitrogens with zero attached hydrogens (tertiary/aromatic N) is 3. The second kappa shape index (κ2) is 12.9. The number of urea groups is 1. The van der Waals surface area contributed by atoms with Crippen LogP contribution < -0.4 is 15.5 Å². The number of piperazine rings is 1. The SMILES string of the molecule is C=C/C=C\C(Cl)=C(/CCl)NC(=O)N1CCN(c2ccc(NC(=O)CN(C)C(C)=O)cc2)CC1. The molecule has 0 radical (unpaired) electrons. The number of likely N-dealkylation sites (N-methyl/N-ethyl adjacent to an activating group) is 1. The van der Waals surface area contributed by atoms with Gasteiger partial charge in [0.1, 0.15) is 0 Å². The highest BCUT2D eigenvalue weighted by Crippen LogP contribution is 2.20. The average molecular weight is 494 g/mol. The van der Waals surface area contributed by atoms with Crippen molar-refractivity contribution >= 4 is 52.4 Å². The summed E-state index contributed by atoms with van der Waals surface area (Å²) in [6, 6.07) is 7.22. The van der Waals surface area contributed by atoms with Crippen molar-refractivity contribution < 1.29 is 14.4 Å². The fourth-order valence-corrected chi connectivity index (χ4v) is 3.53. The van der Waals surface area contributed by atoms with E-state index in [-0.39, 0.29) is 30.3 Å². The van der Waals surface area contributed by atoms with Crippen molar-refractivity contribution in [3.8, 4) is 0 Å². The number of alkyl halides is 1. The Morgan fingerprint density at radius 1 is 1.15 bits per heavy atom. The molecule has 1 fully saturated rings. The lowest BCUT2D eigenvalue weighted by atomic mass is 10.2. The van der Waals surface area contributed by atoms with Gasteiger partial charge < -0.3 is 25.3 Å². The first-order valence-electron chi connectivity index (χ1n) is 10.4. The lowest BCUT2D eigenvalue weighted by Crippen LogP contribution is -2.51. The third-order valence-corrected chi connectivity index (χ3v) is 5.68. The van der Waals surface area contributed by atoms with Gasteiger partial charge in [-0.15, -0.1) is 11.6 Å². The van der Waals surface area contributed by atoms with Crippen LogP contribution in [0.1, 0.15) is 6.92 Å². The molecular formula is C23H29Cl2N5O3. The van der Waals surface area contributed by atoms with Crippen molar-refractivity contribution in [3.63, 3.8) is 0 Å². The van der Waals surface area contributed by atoms with E-state index in [0.717, 1.165) is 5.69 Å². The molecule has 0 aliphatic carbocycles. The quantitative estimate of drug-likeness (QED) is 0.429. The van der Waals surface area contributed by atoms with Gasteiger partial charge in [-0.3, -0.25) is 9.59 Å². The molecule has 1 aliphatic heterocycles. The van der Waals surface area contributed by atoms with E-state index < -0.39 is 0 Å². The van der Waals surface area contributed by atoms with Crippen molar-refractivity contribution in [3.05, 3.63) is 59.8 Å². The highest BCUT2D eigenvalue weighted by Gasteiger charge is 2.22. The molecule has 1 heterocycles. The van der Waals surface area contributed by atoms with Crippen LogP contribution in [0.4, 0.5) is 16.2 Å². The van der Waals surface area contributed by atoms with Gasteiger partial charge in [0, 0.05) is 51.5 Å². The molecule has 1 aliphatic rings. The smallest absolute Gasteiger partial charge is 0.321 e. The molecule has 1 aromatic rings. The van der Waals surface area contributed by atoms with Crippen LogP contribution in [-0.4, -0.2) is 73.3 Å². The molecule has 10 heteroatoms. The molecule has 0 aromatic heterocycles. The Bertz CT molecular complexity index is 923. The third-order valence-electron chi connectivity index (χ3n) is 5.06. The van der Waals surface area contributed by atoms with Crippen molar-refractivity contribution in [2.45, 2.75) is 6.92 Å². The molecule has 0 atom stereocenters. The fraction of sp³-hybridized carbons (Fsp3) is 0.348. The number of allylic oxidation sites excluding steroid dienone is 5. The Morgan fingerprint density at radius 2 is 1.79 bits per heavy atom. The van der Waals surface area contributed by atoms with Crippen LogP contribution in [0.2, 0.25) is 0 Å². The van der Waals surface area contributed by atoms with Gasteiger partial charge in [0.2, 0.25) is 11.8 Å². The van der Waals surface area contributed by atoms with Crippen molar-refractivity contribution in [1.82, 2.24) is 15.1 Å². The van der Waals surface area contributed by atoms with Gasteiger partial charge >= 0.3 is 6.03 Å². The number of hydrogen-bond acceptors (Lipinski definition) is 4. The Hall–Kier alpha value is -2.97. The van der Waals surface area contributed by atoms with E-state index in [1.165, 1.54) is 11.8 Å². The molecule has 178 valence electrons. The van der Waals surface area contributed by atoms with Crippen LogP contribution in [0.5, 0.6) is 0 Å². The zero-order valence-corrected chi connectivity index (χ0v) is 20.3. The largest absolute Gasteiger partial charge is 0.368 e. The monoisotopic (exact) mass is 493 g/mol. The third kappa shape index (κ3) is 8.14. The molecule has 0 saturated carbocycles. The number of benzene rings is 1. The highest BCUT2D eigenvalue weighted by molar-refractivity contribution is 6.32. The summed E-state index contributed by atoms with van der Waals surface area (Å²) in [6.45, 7) is 7.39. The molecule has 1 aromatic carbocycles. The van der Waals surface area contributed by atoms with E-state index in [1.54, 1.807) is 30.2 Å². The van der Waals surface area contributed by atoms with Crippen LogP contribution in [0.3, 0.4) is 0 Å². The summed E-state index contributed by atoms with van der Waals surface area (Å²) in [6.07, 6.45) is 4.88. The van der Waals surface area contributed by atoms with E-state index in [9.17, 15) is 14.4 Å². The minimum absolute atomic E-state index is 0.00249. The second-order valence-corrected chi connectivity index (χ2v) is 8.10. The number of rotatable bonds is 8. The molecule has 2 N–H and O–H groups in total. The number of halogens is 2. The highest BCUT2D eigenvalue weighted by atomic mass is 35.5. The Kier molecular flexibility index (Phi) is 10.3. The Labute approximate surface area is 204 Å². The minimum Gasteiger partial charge on any atom is -0.368 e. The molecule has 2 rings (SSSR count). The normalized spacial score (nSPS) is 14.5. The summed E-state index contributed by atoms with van der Waals surface area (Å²) in [5.41, 5.74) is 2.09. The summed E-state index contributed by atoms with van der Waals surface area (Å²) in [7, 11) is 1.58. The van der Waals surface area contributed by atoms with Crippen molar-refractivity contribution in [2.75, 3.05) is 55.9 Å². The lowest BCUT2D eigenvalue weighted by molar-refractivity contribution is -0.131. The van der Waals surface area contributed by atoms with E-state index in [1.807, 2.05) is 24.3 Å². The molecule has 0 bridgehead atoms. The van der Waals surface area contributed by atoms with E-state index in [4.69, 9.17) is 23.2 Å². The van der Waals surface area contributed by atoms with Crippen molar-refractivity contribution in [2.24, 2.45) is 0 Å². The Morgan fingerprint density at radius 3 is 2.33 bits per heavy atom. The zero-order valence-electron chi connectivity index (χ0n) is 18.8. The van der Waals surface area contributed by atoms with Gasteiger partial charge in [-0.2, -0.15) is 0 Å². The second-order valence-electron chi connectivity index (χ2n) is 7.43. The average Bonchev–Trinajstić information content (AvgIpc) is 2.81. The van der Waals surface area contributed by atoms with Gasteiger partial charge in [0.15, 0.2) is 0 Å². The van der Waals surface area contributed by atoms with Crippen LogP contribution in [-0.2, 0) is 9.59 Å². The van der Waals surface area contributed by atoms with Crippen molar-refractivity contribution in [1.29, 1.82) is 0 Å². The maximum atomic E-state index is 12.6. The number of carbonyl (C=O) groups excluding carboxylic acids is 3. The maximum Gasteiger partial charge on any atom is 0.321 e. The number of hydrogen-bond donors (Lipinski definition) is 2. The zero-order chi connectivity index (χ0) is 24.4. The molecule has 0 spiro atoms. The van der Waals surface area contributed by atoms with Gasteiger partial charge in [-0.05, 0) is 30.3 Å². The van der Waals surface area contributed by atoms with E-state index >= 15 is 0 Å².